The fourth-order valence-corrected chi connectivity index (χ4v) is 1.76. The molecule has 1 atom stereocenters. The van der Waals surface area contributed by atoms with Crippen molar-refractivity contribution < 1.29 is 14.5 Å². The summed E-state index contributed by atoms with van der Waals surface area (Å²) in [5.74, 6) is 0. The van der Waals surface area contributed by atoms with E-state index in [4.69, 9.17) is 4.74 Å². The van der Waals surface area contributed by atoms with Crippen LogP contribution < -0.4 is 5.32 Å². The van der Waals surface area contributed by atoms with Gasteiger partial charge in [-0.1, -0.05) is 12.1 Å². The Labute approximate surface area is 91.4 Å². The Balaban J connectivity index is 2.44. The number of nitro groups is 1. The van der Waals surface area contributed by atoms with Crippen LogP contribution in [0.5, 0.6) is 0 Å². The van der Waals surface area contributed by atoms with Gasteiger partial charge in [-0.05, 0) is 13.0 Å². The number of nitrogens with zero attached hydrogens (tertiary/aromatic N) is 1. The molecule has 1 aliphatic rings. The maximum absolute atomic E-state index is 10.9. The Kier molecular flexibility index (Phi) is 2.47. The van der Waals surface area contributed by atoms with Gasteiger partial charge in [0.15, 0.2) is 0 Å². The van der Waals surface area contributed by atoms with Crippen molar-refractivity contribution in [3.63, 3.8) is 0 Å². The SMILES string of the molecule is Cc1cccc(C2COC(=O)N2)c1[N+](=O)[O-]. The maximum atomic E-state index is 10.9. The van der Waals surface area contributed by atoms with E-state index < -0.39 is 17.1 Å². The number of carbonyl (C=O) groups excluding carboxylic acids is 1. The van der Waals surface area contributed by atoms with Gasteiger partial charge in [0.2, 0.25) is 0 Å². The number of nitro benzene ring substituents is 1. The Morgan fingerprint density at radius 2 is 2.31 bits per heavy atom. The average Bonchev–Trinajstić information content (AvgIpc) is 2.63. The molecule has 1 aromatic rings. The van der Waals surface area contributed by atoms with Crippen LogP contribution >= 0.6 is 0 Å². The molecule has 0 spiro atoms. The van der Waals surface area contributed by atoms with Gasteiger partial charge >= 0.3 is 6.09 Å². The quantitative estimate of drug-likeness (QED) is 0.609. The number of cyclic esters (lactones) is 1. The zero-order chi connectivity index (χ0) is 11.7. The van der Waals surface area contributed by atoms with Gasteiger partial charge in [0.25, 0.3) is 5.69 Å². The van der Waals surface area contributed by atoms with Gasteiger partial charge in [-0.25, -0.2) is 4.79 Å². The Hall–Kier alpha value is -2.11. The molecule has 1 amide bonds. The normalized spacial score (nSPS) is 19.1. The number of alkyl carbamates (subject to hydrolysis) is 1. The van der Waals surface area contributed by atoms with E-state index in [9.17, 15) is 14.9 Å². The van der Waals surface area contributed by atoms with Crippen LogP contribution in [0.25, 0.3) is 0 Å². The highest BCUT2D eigenvalue weighted by atomic mass is 16.6. The predicted octanol–water partition coefficient (Wildman–Crippen LogP) is 1.68. The van der Waals surface area contributed by atoms with Gasteiger partial charge in [-0.15, -0.1) is 0 Å². The molecule has 0 bridgehead atoms. The van der Waals surface area contributed by atoms with Crippen molar-refractivity contribution in [3.05, 3.63) is 39.4 Å². The number of aryl methyl sites for hydroxylation is 1. The number of rotatable bonds is 2. The van der Waals surface area contributed by atoms with Crippen molar-refractivity contribution in [1.82, 2.24) is 5.32 Å². The molecule has 1 unspecified atom stereocenters. The number of benzene rings is 1. The molecule has 1 aliphatic heterocycles. The monoisotopic (exact) mass is 222 g/mol. The first kappa shape index (κ1) is 10.4. The molecule has 0 saturated carbocycles. The number of hydrogen-bond donors (Lipinski definition) is 1. The van der Waals surface area contributed by atoms with E-state index in [0.29, 0.717) is 11.1 Å². The van der Waals surface area contributed by atoms with Crippen LogP contribution in [0.2, 0.25) is 0 Å². The number of hydrogen-bond acceptors (Lipinski definition) is 4. The second-order valence-corrected chi connectivity index (χ2v) is 3.57. The van der Waals surface area contributed by atoms with Crippen molar-refractivity contribution in [3.8, 4) is 0 Å². The molecule has 1 saturated heterocycles. The van der Waals surface area contributed by atoms with Crippen LogP contribution in [-0.4, -0.2) is 17.6 Å². The lowest BCUT2D eigenvalue weighted by Crippen LogP contribution is -2.19. The van der Waals surface area contributed by atoms with Crippen molar-refractivity contribution in [1.29, 1.82) is 0 Å². The molecule has 84 valence electrons. The molecule has 0 aliphatic carbocycles. The molecule has 6 nitrogen and oxygen atoms in total. The summed E-state index contributed by atoms with van der Waals surface area (Å²) in [4.78, 5) is 21.4. The van der Waals surface area contributed by atoms with Crippen LogP contribution in [0.4, 0.5) is 10.5 Å². The topological polar surface area (TPSA) is 81.5 Å². The molecule has 1 N–H and O–H groups in total. The summed E-state index contributed by atoms with van der Waals surface area (Å²) in [6.45, 7) is 1.79. The van der Waals surface area contributed by atoms with Crippen LogP contribution in [0.15, 0.2) is 18.2 Å². The first-order valence-electron chi connectivity index (χ1n) is 4.77. The van der Waals surface area contributed by atoms with Crippen LogP contribution in [0.1, 0.15) is 17.2 Å². The number of nitrogens with one attached hydrogen (secondary N) is 1. The highest BCUT2D eigenvalue weighted by Crippen LogP contribution is 2.30. The molecule has 1 heterocycles. The summed E-state index contributed by atoms with van der Waals surface area (Å²) in [6.07, 6.45) is -0.541. The van der Waals surface area contributed by atoms with Crippen LogP contribution in [-0.2, 0) is 4.74 Å². The number of carbonyl (C=O) groups is 1. The second kappa shape index (κ2) is 3.80. The summed E-state index contributed by atoms with van der Waals surface area (Å²) in [5, 5.41) is 13.5. The van der Waals surface area contributed by atoms with Gasteiger partial charge in [0, 0.05) is 5.56 Å². The number of para-hydroxylation sites is 1. The van der Waals surface area contributed by atoms with E-state index in [0.717, 1.165) is 0 Å². The van der Waals surface area contributed by atoms with Crippen LogP contribution in [0.3, 0.4) is 0 Å². The third-order valence-corrected chi connectivity index (χ3v) is 2.50. The predicted molar refractivity (Wildman–Crippen MR) is 55.1 cm³/mol. The van der Waals surface area contributed by atoms with Crippen molar-refractivity contribution in [2.75, 3.05) is 6.61 Å². The minimum atomic E-state index is -0.541. The summed E-state index contributed by atoms with van der Waals surface area (Å²) in [5.41, 5.74) is 1.10. The standard InChI is InChI=1S/C10H10N2O4/c1-6-3-2-4-7(9(6)12(14)15)8-5-16-10(13)11-8/h2-4,8H,5H2,1H3,(H,11,13). The third-order valence-electron chi connectivity index (χ3n) is 2.50. The second-order valence-electron chi connectivity index (χ2n) is 3.57. The molecule has 1 fully saturated rings. The number of amides is 1. The minimum Gasteiger partial charge on any atom is -0.447 e. The fraction of sp³-hybridized carbons (Fsp3) is 0.300. The maximum Gasteiger partial charge on any atom is 0.407 e. The van der Waals surface area contributed by atoms with E-state index in [1.807, 2.05) is 0 Å². The number of ether oxygens (including phenoxy) is 1. The first-order chi connectivity index (χ1) is 7.59. The Bertz CT molecular complexity index is 458. The average molecular weight is 222 g/mol. The van der Waals surface area contributed by atoms with Crippen LogP contribution in [0, 0.1) is 17.0 Å². The molecule has 1 aromatic carbocycles. The van der Waals surface area contributed by atoms with E-state index in [-0.39, 0.29) is 12.3 Å². The van der Waals surface area contributed by atoms with E-state index in [1.165, 1.54) is 0 Å². The summed E-state index contributed by atoms with van der Waals surface area (Å²) in [6, 6.07) is 4.58. The smallest absolute Gasteiger partial charge is 0.407 e. The molecule has 0 aromatic heterocycles. The molecule has 2 rings (SSSR count). The van der Waals surface area contributed by atoms with Gasteiger partial charge < -0.3 is 10.1 Å². The lowest BCUT2D eigenvalue weighted by Gasteiger charge is -2.09. The van der Waals surface area contributed by atoms with E-state index in [1.54, 1.807) is 25.1 Å². The highest BCUT2D eigenvalue weighted by molar-refractivity contribution is 5.70. The van der Waals surface area contributed by atoms with Crippen molar-refractivity contribution in [2.45, 2.75) is 13.0 Å². The van der Waals surface area contributed by atoms with E-state index >= 15 is 0 Å². The van der Waals surface area contributed by atoms with Gasteiger partial charge in [-0.3, -0.25) is 10.1 Å². The van der Waals surface area contributed by atoms with Crippen molar-refractivity contribution >= 4 is 11.8 Å². The lowest BCUT2D eigenvalue weighted by atomic mass is 10.0. The highest BCUT2D eigenvalue weighted by Gasteiger charge is 2.30. The van der Waals surface area contributed by atoms with Gasteiger partial charge in [0.1, 0.15) is 6.61 Å². The zero-order valence-corrected chi connectivity index (χ0v) is 8.60. The zero-order valence-electron chi connectivity index (χ0n) is 8.60. The van der Waals surface area contributed by atoms with Crippen molar-refractivity contribution in [2.24, 2.45) is 0 Å². The molecular weight excluding hydrogens is 212 g/mol. The fourth-order valence-electron chi connectivity index (χ4n) is 1.76. The van der Waals surface area contributed by atoms with Gasteiger partial charge in [-0.2, -0.15) is 0 Å². The third kappa shape index (κ3) is 1.69. The lowest BCUT2D eigenvalue weighted by molar-refractivity contribution is -0.386. The molecule has 16 heavy (non-hydrogen) atoms. The Morgan fingerprint density at radius 3 is 2.88 bits per heavy atom. The van der Waals surface area contributed by atoms with E-state index in [2.05, 4.69) is 5.32 Å². The summed E-state index contributed by atoms with van der Waals surface area (Å²) in [7, 11) is 0. The largest absolute Gasteiger partial charge is 0.447 e. The molecular formula is C10H10N2O4. The Morgan fingerprint density at radius 1 is 1.56 bits per heavy atom. The molecule has 0 radical (unpaired) electrons. The van der Waals surface area contributed by atoms with Gasteiger partial charge in [0.05, 0.1) is 16.5 Å². The minimum absolute atomic E-state index is 0.0401. The molecule has 6 heteroatoms. The summed E-state index contributed by atoms with van der Waals surface area (Å²) >= 11 is 0. The summed E-state index contributed by atoms with van der Waals surface area (Å²) < 4.78 is 4.72. The first-order valence-corrected chi connectivity index (χ1v) is 4.77.